The molecule has 17 heavy (non-hydrogen) atoms. The van der Waals surface area contributed by atoms with Crippen molar-refractivity contribution in [3.8, 4) is 0 Å². The van der Waals surface area contributed by atoms with Crippen LogP contribution in [0.15, 0.2) is 10.7 Å². The highest BCUT2D eigenvalue weighted by molar-refractivity contribution is 7.91. The molecule has 0 spiro atoms. The molecule has 2 heterocycles. The highest BCUT2D eigenvalue weighted by Gasteiger charge is 2.26. The van der Waals surface area contributed by atoms with Gasteiger partial charge >= 0.3 is 0 Å². The van der Waals surface area contributed by atoms with Crippen molar-refractivity contribution >= 4 is 9.84 Å². The van der Waals surface area contributed by atoms with Crippen LogP contribution in [0.1, 0.15) is 37.5 Å². The first-order chi connectivity index (χ1) is 7.96. The number of nitrogens with zero attached hydrogens (tertiary/aromatic N) is 1. The summed E-state index contributed by atoms with van der Waals surface area (Å²) in [6, 6.07) is 0. The fourth-order valence-corrected chi connectivity index (χ4v) is 3.91. The fraction of sp³-hybridized carbons (Fsp3) is 0.727. The monoisotopic (exact) mass is 259 g/mol. The number of hydrogen-bond acceptors (Lipinski definition) is 5. The Labute approximate surface area is 101 Å². The maximum absolute atomic E-state index is 11.5. The molecule has 1 N–H and O–H groups in total. The van der Waals surface area contributed by atoms with Crippen LogP contribution in [-0.2, 0) is 16.3 Å². The summed E-state index contributed by atoms with van der Waals surface area (Å²) in [5.41, 5.74) is 0.499. The van der Waals surface area contributed by atoms with E-state index in [0.717, 1.165) is 12.8 Å². The number of sulfone groups is 1. The Kier molecular flexibility index (Phi) is 3.53. The lowest BCUT2D eigenvalue weighted by molar-refractivity contribution is 0.194. The minimum atomic E-state index is -2.88. The van der Waals surface area contributed by atoms with Gasteiger partial charge in [0.15, 0.2) is 15.7 Å². The Bertz CT molecular complexity index is 477. The van der Waals surface area contributed by atoms with Crippen LogP contribution in [-0.4, -0.2) is 30.0 Å². The zero-order valence-electron chi connectivity index (χ0n) is 9.80. The van der Waals surface area contributed by atoms with Gasteiger partial charge in [0.05, 0.1) is 17.6 Å². The molecular weight excluding hydrogens is 242 g/mol. The number of aromatic nitrogens is 1. The Morgan fingerprint density at radius 2 is 2.41 bits per heavy atom. The van der Waals surface area contributed by atoms with Crippen molar-refractivity contribution in [3.05, 3.63) is 17.8 Å². The zero-order chi connectivity index (χ0) is 12.5. The predicted molar refractivity (Wildman–Crippen MR) is 62.2 cm³/mol. The van der Waals surface area contributed by atoms with Gasteiger partial charge in [-0.2, -0.15) is 0 Å². The van der Waals surface area contributed by atoms with Crippen molar-refractivity contribution < 1.29 is 17.9 Å². The Hall–Kier alpha value is -0.880. The van der Waals surface area contributed by atoms with E-state index in [2.05, 4.69) is 4.98 Å². The fourth-order valence-electron chi connectivity index (χ4n) is 2.14. The molecule has 0 amide bonds. The minimum absolute atomic E-state index is 0.0919. The van der Waals surface area contributed by atoms with E-state index in [9.17, 15) is 13.5 Å². The predicted octanol–water partition coefficient (Wildman–Crippen LogP) is 1.10. The van der Waals surface area contributed by atoms with Crippen LogP contribution in [0.2, 0.25) is 0 Å². The molecule has 5 nitrogen and oxygen atoms in total. The first kappa shape index (κ1) is 12.6. The molecule has 0 bridgehead atoms. The van der Waals surface area contributed by atoms with Crippen molar-refractivity contribution in [1.29, 1.82) is 0 Å². The summed E-state index contributed by atoms with van der Waals surface area (Å²) in [7, 11) is -2.88. The lowest BCUT2D eigenvalue weighted by Gasteiger charge is -2.20. The van der Waals surface area contributed by atoms with Crippen LogP contribution in [0.5, 0.6) is 0 Å². The summed E-state index contributed by atoms with van der Waals surface area (Å²) in [6.07, 6.45) is 2.92. The summed E-state index contributed by atoms with van der Waals surface area (Å²) in [4.78, 5) is 4.14. The van der Waals surface area contributed by atoms with Crippen molar-refractivity contribution in [3.63, 3.8) is 0 Å². The molecule has 96 valence electrons. The smallest absolute Gasteiger partial charge is 0.194 e. The van der Waals surface area contributed by atoms with E-state index >= 15 is 0 Å². The summed E-state index contributed by atoms with van der Waals surface area (Å²) < 4.78 is 28.2. The van der Waals surface area contributed by atoms with E-state index < -0.39 is 15.9 Å². The minimum Gasteiger partial charge on any atom is -0.449 e. The highest BCUT2D eigenvalue weighted by atomic mass is 32.2. The number of hydrogen-bond donors (Lipinski definition) is 1. The van der Waals surface area contributed by atoms with E-state index in [1.165, 1.54) is 6.26 Å². The van der Waals surface area contributed by atoms with Crippen LogP contribution >= 0.6 is 0 Å². The molecule has 1 saturated heterocycles. The topological polar surface area (TPSA) is 80.4 Å². The standard InChI is InChI=1S/C11H17NO4S/c1-8(13)10-6-16-11(12-10)5-9-3-2-4-17(14,15)7-9/h6,8-9,13H,2-5,7H2,1H3. The van der Waals surface area contributed by atoms with E-state index in [-0.39, 0.29) is 11.7 Å². The van der Waals surface area contributed by atoms with Crippen LogP contribution in [0.25, 0.3) is 0 Å². The van der Waals surface area contributed by atoms with Crippen LogP contribution in [0.3, 0.4) is 0 Å². The SMILES string of the molecule is CC(O)c1coc(CC2CCCS(=O)(=O)C2)n1. The van der Waals surface area contributed by atoms with E-state index in [1.54, 1.807) is 6.92 Å². The maximum atomic E-state index is 11.5. The second kappa shape index (κ2) is 4.78. The molecule has 0 aromatic carbocycles. The quantitative estimate of drug-likeness (QED) is 0.879. The van der Waals surface area contributed by atoms with Gasteiger partial charge in [-0.15, -0.1) is 0 Å². The molecule has 6 heteroatoms. The van der Waals surface area contributed by atoms with Crippen molar-refractivity contribution in [2.75, 3.05) is 11.5 Å². The molecule has 0 saturated carbocycles. The lowest BCUT2D eigenvalue weighted by Crippen LogP contribution is -2.26. The highest BCUT2D eigenvalue weighted by Crippen LogP contribution is 2.22. The van der Waals surface area contributed by atoms with Gasteiger partial charge in [0.2, 0.25) is 0 Å². The second-order valence-electron chi connectivity index (χ2n) is 4.67. The molecule has 0 radical (unpaired) electrons. The Balaban J connectivity index is 2.00. The third-order valence-corrected chi connectivity index (χ3v) is 4.91. The number of aliphatic hydroxyl groups is 1. The summed E-state index contributed by atoms with van der Waals surface area (Å²) in [5, 5.41) is 9.31. The Morgan fingerprint density at radius 1 is 1.65 bits per heavy atom. The number of aliphatic hydroxyl groups excluding tert-OH is 1. The third-order valence-electron chi connectivity index (χ3n) is 3.02. The van der Waals surface area contributed by atoms with Gasteiger partial charge in [-0.05, 0) is 25.7 Å². The van der Waals surface area contributed by atoms with Gasteiger partial charge in [0.1, 0.15) is 12.0 Å². The molecule has 1 fully saturated rings. The summed E-state index contributed by atoms with van der Waals surface area (Å²) in [6.45, 7) is 1.62. The number of rotatable bonds is 3. The van der Waals surface area contributed by atoms with Crippen LogP contribution < -0.4 is 0 Å². The van der Waals surface area contributed by atoms with Crippen LogP contribution in [0, 0.1) is 5.92 Å². The molecule has 2 rings (SSSR count). The maximum Gasteiger partial charge on any atom is 0.194 e. The molecule has 1 aromatic heterocycles. The van der Waals surface area contributed by atoms with Gasteiger partial charge in [-0.3, -0.25) is 0 Å². The van der Waals surface area contributed by atoms with Gasteiger partial charge in [-0.1, -0.05) is 0 Å². The lowest BCUT2D eigenvalue weighted by atomic mass is 10.0. The van der Waals surface area contributed by atoms with E-state index in [4.69, 9.17) is 4.42 Å². The molecule has 1 aromatic rings. The average Bonchev–Trinajstić information content (AvgIpc) is 2.64. The normalized spacial score (nSPS) is 25.6. The summed E-state index contributed by atoms with van der Waals surface area (Å²) >= 11 is 0. The van der Waals surface area contributed by atoms with Gasteiger partial charge in [0.25, 0.3) is 0 Å². The molecule has 1 aliphatic heterocycles. The largest absolute Gasteiger partial charge is 0.449 e. The zero-order valence-corrected chi connectivity index (χ0v) is 10.6. The van der Waals surface area contributed by atoms with Gasteiger partial charge in [-0.25, -0.2) is 13.4 Å². The molecule has 2 atom stereocenters. The van der Waals surface area contributed by atoms with E-state index in [1.807, 2.05) is 0 Å². The van der Waals surface area contributed by atoms with Crippen molar-refractivity contribution in [2.45, 2.75) is 32.3 Å². The average molecular weight is 259 g/mol. The first-order valence-electron chi connectivity index (χ1n) is 5.79. The second-order valence-corrected chi connectivity index (χ2v) is 6.90. The van der Waals surface area contributed by atoms with Crippen molar-refractivity contribution in [1.82, 2.24) is 4.98 Å². The molecule has 1 aliphatic rings. The van der Waals surface area contributed by atoms with Gasteiger partial charge < -0.3 is 9.52 Å². The van der Waals surface area contributed by atoms with Crippen molar-refractivity contribution in [2.24, 2.45) is 5.92 Å². The van der Waals surface area contributed by atoms with Gasteiger partial charge in [0, 0.05) is 6.42 Å². The van der Waals surface area contributed by atoms with E-state index in [0.29, 0.717) is 23.8 Å². The third kappa shape index (κ3) is 3.29. The summed E-state index contributed by atoms with van der Waals surface area (Å²) in [5.74, 6) is 1.13. The molecule has 2 unspecified atom stereocenters. The Morgan fingerprint density at radius 3 is 3.00 bits per heavy atom. The number of oxazole rings is 1. The first-order valence-corrected chi connectivity index (χ1v) is 7.61. The van der Waals surface area contributed by atoms with Crippen LogP contribution in [0.4, 0.5) is 0 Å². The molecule has 0 aliphatic carbocycles. The molecular formula is C11H17NO4S.